The third kappa shape index (κ3) is 3.96. The molecule has 7 aromatic carbocycles. The molecule has 0 N–H and O–H groups in total. The Morgan fingerprint density at radius 3 is 1.56 bits per heavy atom. The first-order valence-electron chi connectivity index (χ1n) is 16.3. The lowest BCUT2D eigenvalue weighted by atomic mass is 10.1. The van der Waals surface area contributed by atoms with E-state index < -0.39 is 0 Å². The lowest BCUT2D eigenvalue weighted by Gasteiger charge is -2.16. The molecule has 3 heterocycles. The Balaban J connectivity index is 1.40. The van der Waals surface area contributed by atoms with Crippen LogP contribution in [0.4, 0.5) is 0 Å². The summed E-state index contributed by atoms with van der Waals surface area (Å²) in [5, 5.41) is 4.76. The first-order chi connectivity index (χ1) is 23.8. The molecular formula is C44H28N4. The highest BCUT2D eigenvalue weighted by molar-refractivity contribution is 6.24. The van der Waals surface area contributed by atoms with Gasteiger partial charge in [-0.05, 0) is 47.5 Å². The van der Waals surface area contributed by atoms with Crippen LogP contribution in [0.25, 0.3) is 88.5 Å². The molecule has 224 valence electrons. The van der Waals surface area contributed by atoms with Crippen LogP contribution in [0.2, 0.25) is 0 Å². The van der Waals surface area contributed by atoms with E-state index in [4.69, 9.17) is 9.97 Å². The van der Waals surface area contributed by atoms with E-state index in [1.165, 1.54) is 32.7 Å². The SMILES string of the molecule is c1ccc(-c2cccc(-n3c4ccccc4c4ccc5c6ccccc6n(-c6nc7ccccc7nc6-c6ccccc6)c5c43)c2)cc1. The van der Waals surface area contributed by atoms with Gasteiger partial charge in [0, 0.05) is 32.8 Å². The highest BCUT2D eigenvalue weighted by Crippen LogP contribution is 2.43. The Hall–Kier alpha value is -6.52. The van der Waals surface area contributed by atoms with Crippen LogP contribution in [0.15, 0.2) is 170 Å². The zero-order valence-corrected chi connectivity index (χ0v) is 26.0. The molecule has 0 aliphatic heterocycles. The number of para-hydroxylation sites is 4. The number of hydrogen-bond donors (Lipinski definition) is 0. The zero-order valence-electron chi connectivity index (χ0n) is 26.0. The van der Waals surface area contributed by atoms with E-state index in [2.05, 4.69) is 155 Å². The van der Waals surface area contributed by atoms with Crippen molar-refractivity contribution in [3.8, 4) is 33.9 Å². The lowest BCUT2D eigenvalue weighted by molar-refractivity contribution is 1.08. The van der Waals surface area contributed by atoms with Gasteiger partial charge in [-0.25, -0.2) is 9.97 Å². The minimum Gasteiger partial charge on any atom is -0.307 e. The molecule has 3 aromatic heterocycles. The standard InChI is InChI=1S/C44H28N4/c1-3-14-29(15-4-1)31-18-13-19-32(28-31)47-39-24-11-7-20-33(39)35-26-27-36-34-21-8-12-25-40(34)48(43(36)42(35)47)44-41(30-16-5-2-6-17-30)45-37-22-9-10-23-38(37)46-44/h1-28H. The summed E-state index contributed by atoms with van der Waals surface area (Å²) < 4.78 is 4.79. The third-order valence-corrected chi connectivity index (χ3v) is 9.49. The highest BCUT2D eigenvalue weighted by Gasteiger charge is 2.24. The van der Waals surface area contributed by atoms with E-state index in [0.717, 1.165) is 55.9 Å². The second kappa shape index (κ2) is 10.5. The molecule has 0 bridgehead atoms. The monoisotopic (exact) mass is 612 g/mol. The molecular weight excluding hydrogens is 585 g/mol. The van der Waals surface area contributed by atoms with Gasteiger partial charge in [0.2, 0.25) is 0 Å². The van der Waals surface area contributed by atoms with Crippen molar-refractivity contribution < 1.29 is 0 Å². The molecule has 0 aliphatic carbocycles. The van der Waals surface area contributed by atoms with Crippen molar-refractivity contribution in [2.24, 2.45) is 0 Å². The van der Waals surface area contributed by atoms with Gasteiger partial charge in [-0.1, -0.05) is 133 Å². The molecule has 0 aliphatic rings. The molecule has 0 saturated heterocycles. The maximum absolute atomic E-state index is 5.40. The molecule has 48 heavy (non-hydrogen) atoms. The Morgan fingerprint density at radius 2 is 0.875 bits per heavy atom. The van der Waals surface area contributed by atoms with Crippen LogP contribution < -0.4 is 0 Å². The molecule has 0 saturated carbocycles. The smallest absolute Gasteiger partial charge is 0.165 e. The van der Waals surface area contributed by atoms with Gasteiger partial charge in [-0.3, -0.25) is 4.57 Å². The van der Waals surface area contributed by atoms with E-state index in [1.807, 2.05) is 24.3 Å². The molecule has 0 unspecified atom stereocenters. The van der Waals surface area contributed by atoms with Crippen molar-refractivity contribution in [2.45, 2.75) is 0 Å². The van der Waals surface area contributed by atoms with Crippen LogP contribution in [-0.2, 0) is 0 Å². The lowest BCUT2D eigenvalue weighted by Crippen LogP contribution is -2.05. The van der Waals surface area contributed by atoms with E-state index in [-0.39, 0.29) is 0 Å². The predicted molar refractivity (Wildman–Crippen MR) is 199 cm³/mol. The summed E-state index contributed by atoms with van der Waals surface area (Å²) >= 11 is 0. The Morgan fingerprint density at radius 1 is 0.354 bits per heavy atom. The Kier molecular flexibility index (Phi) is 5.84. The van der Waals surface area contributed by atoms with Gasteiger partial charge in [-0.15, -0.1) is 0 Å². The van der Waals surface area contributed by atoms with Crippen molar-refractivity contribution >= 4 is 54.6 Å². The first kappa shape index (κ1) is 26.7. The summed E-state index contributed by atoms with van der Waals surface area (Å²) in [4.78, 5) is 10.7. The molecule has 0 spiro atoms. The van der Waals surface area contributed by atoms with Gasteiger partial charge < -0.3 is 4.57 Å². The second-order valence-electron chi connectivity index (χ2n) is 12.2. The van der Waals surface area contributed by atoms with Crippen molar-refractivity contribution in [1.82, 2.24) is 19.1 Å². The normalized spacial score (nSPS) is 11.8. The molecule has 0 fully saturated rings. The molecule has 0 radical (unpaired) electrons. The average molecular weight is 613 g/mol. The van der Waals surface area contributed by atoms with Crippen LogP contribution in [-0.4, -0.2) is 19.1 Å². The Bertz CT molecular complexity index is 2830. The first-order valence-corrected chi connectivity index (χ1v) is 16.3. The van der Waals surface area contributed by atoms with Crippen molar-refractivity contribution in [3.63, 3.8) is 0 Å². The van der Waals surface area contributed by atoms with Crippen molar-refractivity contribution in [1.29, 1.82) is 0 Å². The number of nitrogens with zero attached hydrogens (tertiary/aromatic N) is 4. The number of fused-ring (bicyclic) bond motifs is 8. The zero-order chi connectivity index (χ0) is 31.6. The summed E-state index contributed by atoms with van der Waals surface area (Å²) in [6.45, 7) is 0. The maximum Gasteiger partial charge on any atom is 0.165 e. The third-order valence-electron chi connectivity index (χ3n) is 9.49. The fourth-order valence-electron chi connectivity index (χ4n) is 7.38. The minimum absolute atomic E-state index is 0.813. The fourth-order valence-corrected chi connectivity index (χ4v) is 7.38. The second-order valence-corrected chi connectivity index (χ2v) is 12.2. The van der Waals surface area contributed by atoms with Gasteiger partial charge in [0.1, 0.15) is 5.69 Å². The van der Waals surface area contributed by atoms with Crippen molar-refractivity contribution in [3.05, 3.63) is 170 Å². The summed E-state index contributed by atoms with van der Waals surface area (Å²) in [5.41, 5.74) is 11.6. The highest BCUT2D eigenvalue weighted by atomic mass is 15.1. The van der Waals surface area contributed by atoms with Crippen LogP contribution >= 0.6 is 0 Å². The fraction of sp³-hybridized carbons (Fsp3) is 0. The Labute approximate surface area is 276 Å². The van der Waals surface area contributed by atoms with E-state index in [1.54, 1.807) is 0 Å². The van der Waals surface area contributed by atoms with Crippen LogP contribution in [0.1, 0.15) is 0 Å². The molecule has 10 aromatic rings. The number of benzene rings is 7. The topological polar surface area (TPSA) is 35.6 Å². The van der Waals surface area contributed by atoms with Crippen LogP contribution in [0.3, 0.4) is 0 Å². The van der Waals surface area contributed by atoms with Gasteiger partial charge in [0.05, 0.1) is 33.1 Å². The summed E-state index contributed by atoms with van der Waals surface area (Å²) in [7, 11) is 0. The number of hydrogen-bond acceptors (Lipinski definition) is 2. The molecule has 0 atom stereocenters. The summed E-state index contributed by atoms with van der Waals surface area (Å²) in [6, 6.07) is 60.0. The van der Waals surface area contributed by atoms with Crippen molar-refractivity contribution in [2.75, 3.05) is 0 Å². The van der Waals surface area contributed by atoms with Crippen LogP contribution in [0, 0.1) is 0 Å². The van der Waals surface area contributed by atoms with Crippen LogP contribution in [0.5, 0.6) is 0 Å². The molecule has 10 rings (SSSR count). The summed E-state index contributed by atoms with van der Waals surface area (Å²) in [5.74, 6) is 0.813. The van der Waals surface area contributed by atoms with Gasteiger partial charge in [0.15, 0.2) is 5.82 Å². The summed E-state index contributed by atoms with van der Waals surface area (Å²) in [6.07, 6.45) is 0. The number of aromatic nitrogens is 4. The van der Waals surface area contributed by atoms with Gasteiger partial charge in [0.25, 0.3) is 0 Å². The molecule has 4 heteroatoms. The minimum atomic E-state index is 0.813. The van der Waals surface area contributed by atoms with E-state index in [9.17, 15) is 0 Å². The van der Waals surface area contributed by atoms with Gasteiger partial charge >= 0.3 is 0 Å². The largest absolute Gasteiger partial charge is 0.307 e. The van der Waals surface area contributed by atoms with E-state index in [0.29, 0.717) is 0 Å². The van der Waals surface area contributed by atoms with E-state index >= 15 is 0 Å². The molecule has 4 nitrogen and oxygen atoms in total. The molecule has 0 amide bonds. The predicted octanol–water partition coefficient (Wildman–Crippen LogP) is 11.2. The quantitative estimate of drug-likeness (QED) is 0.198. The maximum atomic E-state index is 5.40. The van der Waals surface area contributed by atoms with Gasteiger partial charge in [-0.2, -0.15) is 0 Å². The average Bonchev–Trinajstić information content (AvgIpc) is 3.68. The number of rotatable bonds is 4.